The van der Waals surface area contributed by atoms with Gasteiger partial charge in [0.2, 0.25) is 0 Å². The fraction of sp³-hybridized carbons (Fsp3) is 0.167. The minimum Gasteiger partial charge on any atom is -0.383 e. The summed E-state index contributed by atoms with van der Waals surface area (Å²) in [6.45, 7) is 0. The summed E-state index contributed by atoms with van der Waals surface area (Å²) in [5.41, 5.74) is 8.02. The van der Waals surface area contributed by atoms with Crippen LogP contribution in [0, 0.1) is 5.82 Å². The number of halogens is 2. The number of fused-ring (bicyclic) bond motifs is 1. The molecule has 2 aromatic rings. The van der Waals surface area contributed by atoms with Crippen LogP contribution in [0.25, 0.3) is 11.4 Å². The highest BCUT2D eigenvalue weighted by Crippen LogP contribution is 2.34. The molecule has 6 heteroatoms. The number of benzene rings is 1. The van der Waals surface area contributed by atoms with E-state index < -0.39 is 5.82 Å². The summed E-state index contributed by atoms with van der Waals surface area (Å²) in [6, 6.07) is 4.76. The molecule has 0 amide bonds. The highest BCUT2D eigenvalue weighted by Gasteiger charge is 2.20. The molecule has 1 aliphatic rings. The largest absolute Gasteiger partial charge is 0.383 e. The van der Waals surface area contributed by atoms with Crippen molar-refractivity contribution in [3.63, 3.8) is 0 Å². The van der Waals surface area contributed by atoms with Crippen LogP contribution in [-0.4, -0.2) is 9.97 Å². The fourth-order valence-corrected chi connectivity index (χ4v) is 3.10. The van der Waals surface area contributed by atoms with Crippen molar-refractivity contribution in [2.45, 2.75) is 11.5 Å². The molecule has 18 heavy (non-hydrogen) atoms. The van der Waals surface area contributed by atoms with E-state index in [9.17, 15) is 4.39 Å². The molecule has 1 aromatic heterocycles. The summed E-state index contributed by atoms with van der Waals surface area (Å²) in [5.74, 6) is 1.83. The Kier molecular flexibility index (Phi) is 2.87. The molecule has 1 aliphatic heterocycles. The zero-order valence-corrected chi connectivity index (χ0v) is 10.9. The molecular weight excluding hydrogens is 273 g/mol. The topological polar surface area (TPSA) is 51.8 Å². The summed E-state index contributed by atoms with van der Waals surface area (Å²) in [6.07, 6.45) is 0. The van der Waals surface area contributed by atoms with Crippen LogP contribution >= 0.6 is 23.4 Å². The van der Waals surface area contributed by atoms with Gasteiger partial charge in [-0.25, -0.2) is 14.4 Å². The van der Waals surface area contributed by atoms with Gasteiger partial charge in [0.15, 0.2) is 11.6 Å². The van der Waals surface area contributed by atoms with Crippen LogP contribution < -0.4 is 5.73 Å². The summed E-state index contributed by atoms with van der Waals surface area (Å²) in [7, 11) is 0. The molecule has 0 radical (unpaired) electrons. The van der Waals surface area contributed by atoms with Crippen LogP contribution in [-0.2, 0) is 11.5 Å². The maximum absolute atomic E-state index is 13.9. The molecule has 0 atom stereocenters. The molecule has 92 valence electrons. The standard InChI is InChI=1S/C12H9ClFN3S/c13-8-3-1-2-6(10(8)14)12-16-9-5-18-4-7(9)11(15)17-12/h1-3H,4-5H2,(H2,15,16,17). The van der Waals surface area contributed by atoms with Crippen molar-refractivity contribution < 1.29 is 4.39 Å². The molecule has 2 heterocycles. The van der Waals surface area contributed by atoms with Gasteiger partial charge in [0.25, 0.3) is 0 Å². The SMILES string of the molecule is Nc1nc(-c2cccc(Cl)c2F)nc2c1CSC2. The maximum atomic E-state index is 13.9. The number of rotatable bonds is 1. The van der Waals surface area contributed by atoms with Crippen molar-refractivity contribution in [2.24, 2.45) is 0 Å². The molecule has 1 aromatic carbocycles. The van der Waals surface area contributed by atoms with Gasteiger partial charge in [0, 0.05) is 17.1 Å². The lowest BCUT2D eigenvalue weighted by atomic mass is 10.1. The van der Waals surface area contributed by atoms with Gasteiger partial charge < -0.3 is 5.73 Å². The molecule has 0 unspecified atom stereocenters. The van der Waals surface area contributed by atoms with Crippen LogP contribution in [0.3, 0.4) is 0 Å². The predicted octanol–water partition coefficient (Wildman–Crippen LogP) is 3.27. The van der Waals surface area contributed by atoms with E-state index in [1.54, 1.807) is 23.9 Å². The first-order valence-corrected chi connectivity index (χ1v) is 6.87. The Morgan fingerprint density at radius 2 is 2.11 bits per heavy atom. The third kappa shape index (κ3) is 1.83. The minimum absolute atomic E-state index is 0.0598. The summed E-state index contributed by atoms with van der Waals surface area (Å²) >= 11 is 7.48. The first-order valence-electron chi connectivity index (χ1n) is 5.34. The molecule has 0 saturated heterocycles. The Morgan fingerprint density at radius 3 is 2.94 bits per heavy atom. The lowest BCUT2D eigenvalue weighted by molar-refractivity contribution is 0.630. The van der Waals surface area contributed by atoms with Crippen LogP contribution in [0.1, 0.15) is 11.3 Å². The lowest BCUT2D eigenvalue weighted by Gasteiger charge is -2.07. The van der Waals surface area contributed by atoms with E-state index in [0.29, 0.717) is 11.6 Å². The van der Waals surface area contributed by atoms with Crippen molar-refractivity contribution >= 4 is 29.2 Å². The molecule has 0 spiro atoms. The van der Waals surface area contributed by atoms with E-state index in [-0.39, 0.29) is 10.6 Å². The Hall–Kier alpha value is -1.33. The van der Waals surface area contributed by atoms with Crippen LogP contribution in [0.5, 0.6) is 0 Å². The molecule has 0 fully saturated rings. The lowest BCUT2D eigenvalue weighted by Crippen LogP contribution is -2.03. The van der Waals surface area contributed by atoms with Crippen molar-refractivity contribution in [3.8, 4) is 11.4 Å². The summed E-state index contributed by atoms with van der Waals surface area (Å²) in [5, 5.41) is 0.0598. The Bertz CT molecular complexity index is 633. The number of hydrogen-bond donors (Lipinski definition) is 1. The van der Waals surface area contributed by atoms with Gasteiger partial charge in [-0.1, -0.05) is 17.7 Å². The van der Waals surface area contributed by atoms with E-state index in [4.69, 9.17) is 17.3 Å². The molecule has 3 nitrogen and oxygen atoms in total. The van der Waals surface area contributed by atoms with Crippen LogP contribution in [0.15, 0.2) is 18.2 Å². The third-order valence-corrected chi connectivity index (χ3v) is 4.06. The van der Waals surface area contributed by atoms with Gasteiger partial charge in [-0.2, -0.15) is 11.8 Å². The second-order valence-corrected chi connectivity index (χ2v) is 5.34. The van der Waals surface area contributed by atoms with Crippen LogP contribution in [0.2, 0.25) is 5.02 Å². The molecule has 0 aliphatic carbocycles. The molecule has 0 saturated carbocycles. The van der Waals surface area contributed by atoms with E-state index in [1.807, 2.05) is 0 Å². The molecule has 3 rings (SSSR count). The molecule has 2 N–H and O–H groups in total. The van der Waals surface area contributed by atoms with Gasteiger partial charge >= 0.3 is 0 Å². The van der Waals surface area contributed by atoms with E-state index in [2.05, 4.69) is 9.97 Å². The smallest absolute Gasteiger partial charge is 0.164 e. The average molecular weight is 282 g/mol. The minimum atomic E-state index is -0.510. The number of anilines is 1. The van der Waals surface area contributed by atoms with Crippen molar-refractivity contribution in [1.29, 1.82) is 0 Å². The quantitative estimate of drug-likeness (QED) is 0.872. The van der Waals surface area contributed by atoms with Gasteiger partial charge in [0.05, 0.1) is 16.3 Å². The highest BCUT2D eigenvalue weighted by molar-refractivity contribution is 7.98. The van der Waals surface area contributed by atoms with Crippen molar-refractivity contribution in [1.82, 2.24) is 9.97 Å². The summed E-state index contributed by atoms with van der Waals surface area (Å²) < 4.78 is 13.9. The van der Waals surface area contributed by atoms with E-state index in [0.717, 1.165) is 22.8 Å². The Balaban J connectivity index is 2.18. The summed E-state index contributed by atoms with van der Waals surface area (Å²) in [4.78, 5) is 8.55. The normalized spacial score (nSPS) is 13.7. The molecular formula is C12H9ClFN3S. The molecule has 0 bridgehead atoms. The number of hydrogen-bond acceptors (Lipinski definition) is 4. The fourth-order valence-electron chi connectivity index (χ4n) is 1.87. The first kappa shape index (κ1) is 11.7. The van der Waals surface area contributed by atoms with E-state index in [1.165, 1.54) is 6.07 Å². The number of thioether (sulfide) groups is 1. The van der Waals surface area contributed by atoms with Crippen molar-refractivity contribution in [2.75, 3.05) is 5.73 Å². The van der Waals surface area contributed by atoms with Crippen molar-refractivity contribution in [3.05, 3.63) is 40.3 Å². The maximum Gasteiger partial charge on any atom is 0.164 e. The Morgan fingerprint density at radius 1 is 1.28 bits per heavy atom. The second-order valence-electron chi connectivity index (χ2n) is 3.95. The number of nitrogen functional groups attached to an aromatic ring is 1. The van der Waals surface area contributed by atoms with Crippen LogP contribution in [0.4, 0.5) is 10.2 Å². The third-order valence-electron chi connectivity index (χ3n) is 2.80. The monoisotopic (exact) mass is 281 g/mol. The van der Waals surface area contributed by atoms with Gasteiger partial charge in [-0.05, 0) is 12.1 Å². The predicted molar refractivity (Wildman–Crippen MR) is 71.8 cm³/mol. The van der Waals surface area contributed by atoms with Gasteiger partial charge in [0.1, 0.15) is 5.82 Å². The number of nitrogens with zero attached hydrogens (tertiary/aromatic N) is 2. The second kappa shape index (κ2) is 4.40. The first-order chi connectivity index (χ1) is 8.66. The Labute approximate surface area is 113 Å². The number of aromatic nitrogens is 2. The highest BCUT2D eigenvalue weighted by atomic mass is 35.5. The average Bonchev–Trinajstić information content (AvgIpc) is 2.81. The van der Waals surface area contributed by atoms with Gasteiger partial charge in [-0.3, -0.25) is 0 Å². The zero-order chi connectivity index (χ0) is 12.7. The zero-order valence-electron chi connectivity index (χ0n) is 9.28. The van der Waals surface area contributed by atoms with E-state index >= 15 is 0 Å². The van der Waals surface area contributed by atoms with Gasteiger partial charge in [-0.15, -0.1) is 0 Å². The number of nitrogens with two attached hydrogens (primary N) is 1.